The minimum absolute atomic E-state index is 0. The molecule has 0 atom stereocenters. The van der Waals surface area contributed by atoms with Gasteiger partial charge in [-0.3, -0.25) is 0 Å². The Bertz CT molecular complexity index is 272. The third-order valence-corrected chi connectivity index (χ3v) is 6.77. The van der Waals surface area contributed by atoms with Gasteiger partial charge in [0.1, 0.15) is 0 Å². The minimum atomic E-state index is -1.65. The number of hydrogen-bond donors (Lipinski definition) is 0. The Morgan fingerprint density at radius 3 is 2.14 bits per heavy atom. The molecule has 0 spiro atoms. The molecule has 0 bridgehead atoms. The van der Waals surface area contributed by atoms with Crippen molar-refractivity contribution >= 4 is 26.0 Å². The fourth-order valence-corrected chi connectivity index (χ4v) is 3.90. The molecule has 0 amide bonds. The second-order valence-electron chi connectivity index (χ2n) is 5.01. The van der Waals surface area contributed by atoms with Crippen molar-refractivity contribution in [1.29, 1.82) is 0 Å². The molecule has 70 valence electrons. The number of allylic oxidation sites excluding steroid dienone is 1. The average Bonchev–Trinajstić information content (AvgIpc) is 2.04. The van der Waals surface area contributed by atoms with E-state index in [2.05, 4.69) is 56.5 Å². The zero-order valence-corrected chi connectivity index (χ0v) is 13.1. The van der Waals surface area contributed by atoms with Gasteiger partial charge >= 0.3 is 105 Å². The number of hydrogen-bond acceptors (Lipinski definition) is 0. The van der Waals surface area contributed by atoms with E-state index in [-0.39, 0.29) is 18.9 Å². The van der Waals surface area contributed by atoms with Crippen LogP contribution in [0.5, 0.6) is 0 Å². The maximum atomic E-state index is 2.47. The van der Waals surface area contributed by atoms with Crippen molar-refractivity contribution in [2.75, 3.05) is 0 Å². The monoisotopic (exact) mass is 284 g/mol. The Labute approximate surface area is 104 Å². The van der Waals surface area contributed by atoms with Crippen molar-refractivity contribution in [3.63, 3.8) is 0 Å². The summed E-state index contributed by atoms with van der Waals surface area (Å²) in [5.74, 6) is 0. The topological polar surface area (TPSA) is 0 Å². The van der Waals surface area contributed by atoms with Gasteiger partial charge in [-0.15, -0.1) is 0 Å². The third-order valence-electron chi connectivity index (χ3n) is 1.95. The van der Waals surface area contributed by atoms with E-state index >= 15 is 0 Å². The maximum Gasteiger partial charge on any atom is 1.00 e. The van der Waals surface area contributed by atoms with Gasteiger partial charge in [-0.1, -0.05) is 0 Å². The van der Waals surface area contributed by atoms with Crippen LogP contribution in [-0.4, -0.2) is 20.0 Å². The Balaban J connectivity index is 0.00000169. The molecule has 2 heteroatoms. The van der Waals surface area contributed by atoms with E-state index < -0.39 is 20.0 Å². The van der Waals surface area contributed by atoms with Crippen LogP contribution in [0.25, 0.3) is 6.08 Å². The fraction of sp³-hybridized carbons (Fsp3) is 0.333. The molecule has 0 aliphatic rings. The summed E-state index contributed by atoms with van der Waals surface area (Å²) in [7, 11) is 0. The zero-order valence-electron chi connectivity index (χ0n) is 9.83. The largest absolute Gasteiger partial charge is 1.00 e. The van der Waals surface area contributed by atoms with Gasteiger partial charge in [-0.25, -0.2) is 0 Å². The first-order valence-corrected chi connectivity index (χ1v) is 17.3. The van der Waals surface area contributed by atoms with E-state index in [1.54, 1.807) is 0 Å². The predicted molar refractivity (Wildman–Crippen MR) is 63.6 cm³/mol. The smallest absolute Gasteiger partial charge is 1.00 e. The van der Waals surface area contributed by atoms with Crippen LogP contribution in [0.15, 0.2) is 36.4 Å². The van der Waals surface area contributed by atoms with E-state index in [9.17, 15) is 0 Å². The van der Waals surface area contributed by atoms with Crippen molar-refractivity contribution in [2.45, 2.75) is 18.2 Å². The van der Waals surface area contributed by atoms with Crippen molar-refractivity contribution in [3.05, 3.63) is 42.0 Å². The Hall–Kier alpha value is 0.428. The van der Waals surface area contributed by atoms with Gasteiger partial charge in [0.15, 0.2) is 0 Å². The number of benzene rings is 1. The van der Waals surface area contributed by atoms with Gasteiger partial charge in [-0.2, -0.15) is 0 Å². The molecule has 0 nitrogen and oxygen atoms in total. The molecule has 0 radical (unpaired) electrons. The molecule has 1 aromatic rings. The molecule has 0 aliphatic carbocycles. The van der Waals surface area contributed by atoms with Crippen LogP contribution in [-0.2, 0) is 0 Å². The summed E-state index contributed by atoms with van der Waals surface area (Å²) in [6.45, 7) is 0. The van der Waals surface area contributed by atoms with Gasteiger partial charge in [0.05, 0.1) is 0 Å². The van der Waals surface area contributed by atoms with Crippen molar-refractivity contribution in [2.24, 2.45) is 0 Å². The van der Waals surface area contributed by atoms with Crippen LogP contribution >= 0.6 is 0 Å². The molecule has 1 rings (SSSR count). The summed E-state index contributed by atoms with van der Waals surface area (Å²) in [4.78, 5) is 0. The van der Waals surface area contributed by atoms with E-state index in [0.717, 1.165) is 0 Å². The van der Waals surface area contributed by atoms with Crippen molar-refractivity contribution < 1.29 is 18.9 Å². The first kappa shape index (κ1) is 14.4. The third kappa shape index (κ3) is 6.82. The summed E-state index contributed by atoms with van der Waals surface area (Å²) in [5.41, 5.74) is 1.32. The molecule has 0 aromatic heterocycles. The molecule has 0 fully saturated rings. The number of rotatable bonds is 3. The van der Waals surface area contributed by atoms with Crippen molar-refractivity contribution in [3.8, 4) is 0 Å². The van der Waals surface area contributed by atoms with Gasteiger partial charge in [0.2, 0.25) is 0 Å². The quantitative estimate of drug-likeness (QED) is 0.728. The standard InChI is InChI=1S/C9H9.3CH3.In.Li/c1-2-6-9-7-4-3-5-8-9;;;;;/h2-8H,1H2;3*1H3;;/q;;;;-1;+1/b6-2+;;;;;. The van der Waals surface area contributed by atoms with Crippen LogP contribution in [0.2, 0.25) is 18.2 Å². The van der Waals surface area contributed by atoms with Crippen LogP contribution in [0, 0.1) is 0 Å². The van der Waals surface area contributed by atoms with Crippen LogP contribution in [0.1, 0.15) is 5.56 Å². The Kier molecular flexibility index (Phi) is 7.04. The maximum absolute atomic E-state index is 2.47. The van der Waals surface area contributed by atoms with Gasteiger partial charge in [0, 0.05) is 0 Å². The van der Waals surface area contributed by atoms with Crippen LogP contribution < -0.4 is 18.9 Å². The zero-order chi connectivity index (χ0) is 9.73. The SMILES string of the molecule is [CH3][In-]([CH3])([CH3])[CH2]/C=C/c1ccccc1.[Li+]. The van der Waals surface area contributed by atoms with Crippen LogP contribution in [0.4, 0.5) is 0 Å². The molecule has 0 aliphatic heterocycles. The summed E-state index contributed by atoms with van der Waals surface area (Å²) in [6, 6.07) is 10.5. The van der Waals surface area contributed by atoms with Crippen molar-refractivity contribution in [1.82, 2.24) is 0 Å². The Morgan fingerprint density at radius 2 is 1.64 bits per heavy atom. The van der Waals surface area contributed by atoms with E-state index in [4.69, 9.17) is 0 Å². The molecular weight excluding hydrogens is 266 g/mol. The van der Waals surface area contributed by atoms with E-state index in [1.165, 1.54) is 9.74 Å². The normalized spacial score (nSPS) is 11.4. The summed E-state index contributed by atoms with van der Waals surface area (Å²) in [6.07, 6.45) is 4.58. The second-order valence-corrected chi connectivity index (χ2v) is 23.2. The van der Waals surface area contributed by atoms with E-state index in [0.29, 0.717) is 0 Å². The Morgan fingerprint density at radius 1 is 1.07 bits per heavy atom. The summed E-state index contributed by atoms with van der Waals surface area (Å²) in [5, 5.41) is 0. The second kappa shape index (κ2) is 6.83. The van der Waals surface area contributed by atoms with E-state index in [1.807, 2.05) is 0 Å². The molecule has 0 saturated carbocycles. The fourth-order valence-electron chi connectivity index (χ4n) is 1.18. The molecule has 14 heavy (non-hydrogen) atoms. The molecule has 0 unspecified atom stereocenters. The molecular formula is C12H18InLi. The summed E-state index contributed by atoms with van der Waals surface area (Å²) >= 11 is -1.65. The minimum Gasteiger partial charge on any atom is 1.00 e. The molecule has 0 heterocycles. The molecule has 0 N–H and O–H groups in total. The van der Waals surface area contributed by atoms with Gasteiger partial charge in [0.25, 0.3) is 0 Å². The molecule has 1 aromatic carbocycles. The van der Waals surface area contributed by atoms with Gasteiger partial charge in [-0.05, 0) is 0 Å². The first-order valence-electron chi connectivity index (χ1n) is 5.08. The van der Waals surface area contributed by atoms with Gasteiger partial charge < -0.3 is 0 Å². The first-order chi connectivity index (χ1) is 6.08. The molecule has 0 saturated heterocycles. The predicted octanol–water partition coefficient (Wildman–Crippen LogP) is 1.04. The average molecular weight is 284 g/mol. The van der Waals surface area contributed by atoms with Crippen LogP contribution in [0.3, 0.4) is 0 Å². The summed E-state index contributed by atoms with van der Waals surface area (Å²) < 4.78 is 8.76.